The molecule has 15 heteroatoms. The van der Waals surface area contributed by atoms with E-state index in [2.05, 4.69) is 20.4 Å². The molecule has 0 spiro atoms. The highest BCUT2D eigenvalue weighted by Gasteiger charge is 2.32. The molecule has 5 rings (SSSR count). The van der Waals surface area contributed by atoms with Crippen LogP contribution in [0.15, 0.2) is 91.0 Å². The maximum Gasteiger partial charge on any atom is 0.416 e. The van der Waals surface area contributed by atoms with E-state index in [-0.39, 0.29) is 19.8 Å². The number of esters is 1. The van der Waals surface area contributed by atoms with Gasteiger partial charge in [0.25, 0.3) is 0 Å². The van der Waals surface area contributed by atoms with Gasteiger partial charge in [-0.05, 0) is 100.0 Å². The molecule has 52 heavy (non-hydrogen) atoms. The van der Waals surface area contributed by atoms with Gasteiger partial charge in [0, 0.05) is 11.1 Å². The third-order valence-corrected chi connectivity index (χ3v) is 7.28. The van der Waals surface area contributed by atoms with Crippen molar-refractivity contribution in [1.29, 1.82) is 0 Å². The van der Waals surface area contributed by atoms with Crippen molar-refractivity contribution in [3.63, 3.8) is 0 Å². The van der Waals surface area contributed by atoms with E-state index < -0.39 is 35.0 Å². The first kappa shape index (κ1) is 39.2. The second kappa shape index (κ2) is 16.6. The Morgan fingerprint density at radius 3 is 1.60 bits per heavy atom. The molecule has 0 fully saturated rings. The van der Waals surface area contributed by atoms with E-state index >= 15 is 0 Å². The third-order valence-electron chi connectivity index (χ3n) is 7.28. The summed E-state index contributed by atoms with van der Waals surface area (Å²) in [4.78, 5) is 12.0. The predicted molar refractivity (Wildman–Crippen MR) is 178 cm³/mol. The Bertz CT molecular complexity index is 1920. The smallest absolute Gasteiger partial charge is 0.416 e. The largest absolute Gasteiger partial charge is 0.487 e. The number of aryl methyl sites for hydroxylation is 1. The zero-order valence-corrected chi connectivity index (χ0v) is 28.4. The number of rotatable bonds is 10. The molecule has 2 aromatic heterocycles. The molecule has 0 bridgehead atoms. The van der Waals surface area contributed by atoms with Gasteiger partial charge in [-0.25, -0.2) is 4.79 Å². The van der Waals surface area contributed by atoms with E-state index in [0.29, 0.717) is 45.4 Å². The van der Waals surface area contributed by atoms with E-state index in [1.807, 2.05) is 6.92 Å². The minimum Gasteiger partial charge on any atom is -0.487 e. The van der Waals surface area contributed by atoms with Gasteiger partial charge in [-0.15, -0.1) is 0 Å². The summed E-state index contributed by atoms with van der Waals surface area (Å²) in [6.45, 7) is 7.05. The molecule has 0 saturated carbocycles. The van der Waals surface area contributed by atoms with Crippen molar-refractivity contribution in [3.05, 3.63) is 119 Å². The standard InChI is InChI=1S/C25H25F3N2O4.C12H9F3N2O/c1-5-32-23(31)24(3,4)34-22-13-11-20(14-16(22)2)33-15-19-10-12-21(30-29-19)17-6-8-18(9-7-17)25(26,27)28;13-12(14,15)9-3-1-8(2-4-9)11-6-5-10(7-18)16-17-11/h6-14H,5,15H2,1-4H3;1-6,18H,7H2. The van der Waals surface area contributed by atoms with Gasteiger partial charge in [-0.3, -0.25) is 0 Å². The van der Waals surface area contributed by atoms with Gasteiger partial charge in [0.05, 0.1) is 41.4 Å². The minimum absolute atomic E-state index is 0.147. The van der Waals surface area contributed by atoms with Crippen LogP contribution in [0.3, 0.4) is 0 Å². The second-order valence-corrected chi connectivity index (χ2v) is 11.7. The first-order valence-electron chi connectivity index (χ1n) is 15.7. The number of aromatic nitrogens is 4. The maximum atomic E-state index is 12.7. The molecule has 0 aliphatic heterocycles. The molecule has 0 amide bonds. The monoisotopic (exact) mass is 728 g/mol. The molecule has 0 atom stereocenters. The zero-order chi connectivity index (χ0) is 38.1. The topological polar surface area (TPSA) is 117 Å². The number of hydrogen-bond acceptors (Lipinski definition) is 9. The molecule has 5 aromatic rings. The summed E-state index contributed by atoms with van der Waals surface area (Å²) in [5.41, 5.74) is 1.18. The minimum atomic E-state index is -4.38. The van der Waals surface area contributed by atoms with Crippen LogP contribution in [0.5, 0.6) is 11.5 Å². The number of halogens is 6. The van der Waals surface area contributed by atoms with Crippen LogP contribution in [0.1, 0.15) is 48.8 Å². The van der Waals surface area contributed by atoms with Gasteiger partial charge in [0.1, 0.15) is 23.8 Å². The van der Waals surface area contributed by atoms with Crippen LogP contribution >= 0.6 is 0 Å². The van der Waals surface area contributed by atoms with Gasteiger partial charge < -0.3 is 19.3 Å². The summed E-state index contributed by atoms with van der Waals surface area (Å²) in [5.74, 6) is 0.659. The molecular formula is C37H34F6N4O5. The number of hydrogen-bond donors (Lipinski definition) is 1. The fourth-order valence-electron chi connectivity index (χ4n) is 4.45. The zero-order valence-electron chi connectivity index (χ0n) is 28.4. The van der Waals surface area contributed by atoms with Crippen molar-refractivity contribution in [2.45, 2.75) is 58.9 Å². The number of carbonyl (C=O) groups excluding carboxylic acids is 1. The average molecular weight is 729 g/mol. The van der Waals surface area contributed by atoms with Crippen LogP contribution in [-0.2, 0) is 35.1 Å². The van der Waals surface area contributed by atoms with Crippen molar-refractivity contribution >= 4 is 5.97 Å². The van der Waals surface area contributed by atoms with Crippen LogP contribution in [-0.4, -0.2) is 43.7 Å². The molecule has 2 heterocycles. The number of benzene rings is 3. The molecule has 0 saturated heterocycles. The van der Waals surface area contributed by atoms with E-state index in [0.717, 1.165) is 29.8 Å². The number of carbonyl (C=O) groups is 1. The fraction of sp³-hybridized carbons (Fsp3) is 0.270. The summed E-state index contributed by atoms with van der Waals surface area (Å²) in [6, 6.07) is 21.2. The van der Waals surface area contributed by atoms with E-state index in [9.17, 15) is 31.1 Å². The van der Waals surface area contributed by atoms with Crippen LogP contribution < -0.4 is 9.47 Å². The Hall–Kier alpha value is -5.57. The lowest BCUT2D eigenvalue weighted by molar-refractivity contribution is -0.158. The quantitative estimate of drug-likeness (QED) is 0.112. The van der Waals surface area contributed by atoms with Crippen LogP contribution in [0.4, 0.5) is 26.3 Å². The van der Waals surface area contributed by atoms with Gasteiger partial charge >= 0.3 is 18.3 Å². The lowest BCUT2D eigenvalue weighted by Gasteiger charge is -2.25. The molecule has 0 aliphatic carbocycles. The lowest BCUT2D eigenvalue weighted by Crippen LogP contribution is -2.39. The van der Waals surface area contributed by atoms with Crippen molar-refractivity contribution in [2.24, 2.45) is 0 Å². The Labute approximate surface area is 295 Å². The number of alkyl halides is 6. The maximum absolute atomic E-state index is 12.7. The highest BCUT2D eigenvalue weighted by Crippen LogP contribution is 2.32. The Kier molecular flexibility index (Phi) is 12.5. The second-order valence-electron chi connectivity index (χ2n) is 11.7. The normalized spacial score (nSPS) is 11.7. The molecule has 0 aliphatic rings. The van der Waals surface area contributed by atoms with Crippen LogP contribution in [0, 0.1) is 6.92 Å². The Balaban J connectivity index is 0.000000281. The molecule has 0 unspecified atom stereocenters. The van der Waals surface area contributed by atoms with Crippen LogP contribution in [0.25, 0.3) is 22.5 Å². The summed E-state index contributed by atoms with van der Waals surface area (Å²) >= 11 is 0. The number of aliphatic hydroxyl groups excluding tert-OH is 1. The van der Waals surface area contributed by atoms with Gasteiger partial charge in [0.15, 0.2) is 5.60 Å². The molecule has 0 radical (unpaired) electrons. The first-order valence-corrected chi connectivity index (χ1v) is 15.7. The SMILES string of the molecule is CCOC(=O)C(C)(C)Oc1ccc(OCc2ccc(-c3ccc(C(F)(F)F)cc3)nn2)cc1C.OCc1ccc(-c2ccc(C(F)(F)F)cc2)nn1. The number of ether oxygens (including phenoxy) is 3. The van der Waals surface area contributed by atoms with E-state index in [4.69, 9.17) is 19.3 Å². The summed E-state index contributed by atoms with van der Waals surface area (Å²) in [5, 5.41) is 24.5. The molecule has 274 valence electrons. The van der Waals surface area contributed by atoms with Crippen molar-refractivity contribution < 1.29 is 50.5 Å². The molecular weight excluding hydrogens is 694 g/mol. The first-order chi connectivity index (χ1) is 24.5. The number of nitrogens with zero attached hydrogens (tertiary/aromatic N) is 4. The Morgan fingerprint density at radius 1 is 0.692 bits per heavy atom. The highest BCUT2D eigenvalue weighted by atomic mass is 19.4. The van der Waals surface area contributed by atoms with Crippen molar-refractivity contribution in [1.82, 2.24) is 20.4 Å². The average Bonchev–Trinajstić information content (AvgIpc) is 3.12. The molecule has 3 aromatic carbocycles. The van der Waals surface area contributed by atoms with Crippen molar-refractivity contribution in [3.8, 4) is 34.0 Å². The van der Waals surface area contributed by atoms with Gasteiger partial charge in [-0.1, -0.05) is 24.3 Å². The fourth-order valence-corrected chi connectivity index (χ4v) is 4.45. The van der Waals surface area contributed by atoms with Gasteiger partial charge in [-0.2, -0.15) is 46.7 Å². The van der Waals surface area contributed by atoms with Gasteiger partial charge in [0.2, 0.25) is 0 Å². The van der Waals surface area contributed by atoms with E-state index in [1.165, 1.54) is 24.3 Å². The Morgan fingerprint density at radius 2 is 1.19 bits per heavy atom. The number of aliphatic hydroxyl groups is 1. The predicted octanol–water partition coefficient (Wildman–Crippen LogP) is 8.43. The molecule has 9 nitrogen and oxygen atoms in total. The third kappa shape index (κ3) is 10.7. The van der Waals surface area contributed by atoms with E-state index in [1.54, 1.807) is 63.2 Å². The summed E-state index contributed by atoms with van der Waals surface area (Å²) in [6.07, 6.45) is -8.73. The highest BCUT2D eigenvalue weighted by molar-refractivity contribution is 5.79. The van der Waals surface area contributed by atoms with Crippen molar-refractivity contribution in [2.75, 3.05) is 6.61 Å². The summed E-state index contributed by atoms with van der Waals surface area (Å²) < 4.78 is 91.9. The molecule has 1 N–H and O–H groups in total. The summed E-state index contributed by atoms with van der Waals surface area (Å²) in [7, 11) is 0. The lowest BCUT2D eigenvalue weighted by atomic mass is 10.1. The van der Waals surface area contributed by atoms with Crippen LogP contribution in [0.2, 0.25) is 0 Å².